The highest BCUT2D eigenvalue weighted by Gasteiger charge is 2.38. The minimum absolute atomic E-state index is 0.0528. The van der Waals surface area contributed by atoms with Crippen molar-refractivity contribution in [3.05, 3.63) is 34.1 Å². The predicted octanol–water partition coefficient (Wildman–Crippen LogP) is 2.00. The Morgan fingerprint density at radius 2 is 2.22 bits per heavy atom. The third kappa shape index (κ3) is 3.09. The van der Waals surface area contributed by atoms with E-state index in [1.807, 2.05) is 13.1 Å². The Balaban J connectivity index is 1.98. The van der Waals surface area contributed by atoms with E-state index < -0.39 is 0 Å². The quantitative estimate of drug-likeness (QED) is 0.903. The summed E-state index contributed by atoms with van der Waals surface area (Å²) >= 11 is 3.36. The Bertz CT molecular complexity index is 418. The number of ether oxygens (including phenoxy) is 1. The van der Waals surface area contributed by atoms with Crippen molar-refractivity contribution in [2.45, 2.75) is 6.54 Å². The molecule has 18 heavy (non-hydrogen) atoms. The van der Waals surface area contributed by atoms with E-state index in [1.165, 1.54) is 6.07 Å². The average Bonchev–Trinajstić information content (AvgIpc) is 2.28. The number of rotatable bonds is 5. The van der Waals surface area contributed by atoms with Crippen LogP contribution in [0, 0.1) is 11.2 Å². The van der Waals surface area contributed by atoms with Gasteiger partial charge in [0.15, 0.2) is 0 Å². The second-order valence-corrected chi connectivity index (χ2v) is 6.02. The molecule has 0 atom stereocenters. The largest absolute Gasteiger partial charge is 0.380 e. The van der Waals surface area contributed by atoms with Crippen molar-refractivity contribution in [2.75, 3.05) is 33.4 Å². The number of halogens is 2. The fraction of sp³-hybridized carbons (Fsp3) is 0.538. The Kier molecular flexibility index (Phi) is 4.37. The van der Waals surface area contributed by atoms with Gasteiger partial charge in [-0.3, -0.25) is 0 Å². The lowest BCUT2D eigenvalue weighted by Gasteiger charge is -2.43. The molecule has 1 heterocycles. The van der Waals surface area contributed by atoms with Crippen LogP contribution in [0.2, 0.25) is 0 Å². The minimum atomic E-state index is -0.170. The molecular weight excluding hydrogens is 299 g/mol. The van der Waals surface area contributed by atoms with Crippen molar-refractivity contribution in [3.8, 4) is 0 Å². The van der Waals surface area contributed by atoms with Crippen LogP contribution in [0.15, 0.2) is 22.7 Å². The lowest BCUT2D eigenvalue weighted by atomic mass is 9.85. The van der Waals surface area contributed by atoms with Gasteiger partial charge in [-0.05, 0) is 25.2 Å². The highest BCUT2D eigenvalue weighted by atomic mass is 79.9. The van der Waals surface area contributed by atoms with Crippen molar-refractivity contribution >= 4 is 15.9 Å². The van der Waals surface area contributed by atoms with Gasteiger partial charge in [0.05, 0.1) is 13.2 Å². The Morgan fingerprint density at radius 1 is 1.50 bits per heavy atom. The number of hydrogen-bond donors (Lipinski definition) is 1. The maximum absolute atomic E-state index is 13.6. The van der Waals surface area contributed by atoms with Crippen LogP contribution in [0.25, 0.3) is 0 Å². The Hall–Kier alpha value is -0.490. The molecule has 1 aromatic carbocycles. The number of nitrogens with zero attached hydrogens (tertiary/aromatic N) is 1. The van der Waals surface area contributed by atoms with Gasteiger partial charge in [-0.1, -0.05) is 15.9 Å². The van der Waals surface area contributed by atoms with E-state index in [9.17, 15) is 4.39 Å². The van der Waals surface area contributed by atoms with Crippen LogP contribution >= 0.6 is 15.9 Å². The molecule has 2 rings (SSSR count). The Morgan fingerprint density at radius 3 is 2.78 bits per heavy atom. The summed E-state index contributed by atoms with van der Waals surface area (Å²) in [6, 6.07) is 5.01. The SMILES string of the molecule is CN(Cc1cc(Br)ccc1F)CC1(CN)COC1. The first-order chi connectivity index (χ1) is 8.54. The zero-order valence-corrected chi connectivity index (χ0v) is 12.0. The number of hydrogen-bond acceptors (Lipinski definition) is 3. The fourth-order valence-corrected chi connectivity index (χ4v) is 2.66. The van der Waals surface area contributed by atoms with Crippen LogP contribution < -0.4 is 5.73 Å². The monoisotopic (exact) mass is 316 g/mol. The highest BCUT2D eigenvalue weighted by Crippen LogP contribution is 2.27. The molecule has 1 aliphatic rings. The molecule has 0 amide bonds. The molecule has 3 nitrogen and oxygen atoms in total. The molecule has 1 aliphatic heterocycles. The van der Waals surface area contributed by atoms with Gasteiger partial charge in [0, 0.05) is 35.1 Å². The van der Waals surface area contributed by atoms with Crippen LogP contribution in [0.3, 0.4) is 0 Å². The molecule has 5 heteroatoms. The zero-order valence-electron chi connectivity index (χ0n) is 10.5. The van der Waals surface area contributed by atoms with Crippen LogP contribution in [0.4, 0.5) is 4.39 Å². The van der Waals surface area contributed by atoms with Crippen LogP contribution in [-0.2, 0) is 11.3 Å². The van der Waals surface area contributed by atoms with Crippen LogP contribution in [-0.4, -0.2) is 38.3 Å². The van der Waals surface area contributed by atoms with E-state index in [0.29, 0.717) is 31.9 Å². The topological polar surface area (TPSA) is 38.5 Å². The number of nitrogens with two attached hydrogens (primary N) is 1. The third-order valence-electron chi connectivity index (χ3n) is 3.30. The highest BCUT2D eigenvalue weighted by molar-refractivity contribution is 9.10. The second kappa shape index (κ2) is 5.65. The van der Waals surface area contributed by atoms with Crippen LogP contribution in [0.5, 0.6) is 0 Å². The molecular formula is C13H18BrFN2O. The molecule has 0 aromatic heterocycles. The summed E-state index contributed by atoms with van der Waals surface area (Å²) in [6.45, 7) is 3.42. The summed E-state index contributed by atoms with van der Waals surface area (Å²) in [7, 11) is 1.98. The van der Waals surface area contributed by atoms with Gasteiger partial charge < -0.3 is 15.4 Å². The van der Waals surface area contributed by atoms with Gasteiger partial charge in [-0.15, -0.1) is 0 Å². The maximum Gasteiger partial charge on any atom is 0.127 e. The zero-order chi connectivity index (χ0) is 13.2. The molecule has 2 N–H and O–H groups in total. The molecule has 0 aliphatic carbocycles. The first-order valence-electron chi connectivity index (χ1n) is 5.95. The first-order valence-corrected chi connectivity index (χ1v) is 6.74. The summed E-state index contributed by atoms with van der Waals surface area (Å²) in [6.07, 6.45) is 0. The molecule has 1 fully saturated rings. The van der Waals surface area contributed by atoms with Gasteiger partial charge in [0.1, 0.15) is 5.82 Å². The molecule has 1 saturated heterocycles. The second-order valence-electron chi connectivity index (χ2n) is 5.10. The van der Waals surface area contributed by atoms with Gasteiger partial charge in [-0.2, -0.15) is 0 Å². The van der Waals surface area contributed by atoms with E-state index in [1.54, 1.807) is 6.07 Å². The van der Waals surface area contributed by atoms with Gasteiger partial charge in [0.2, 0.25) is 0 Å². The smallest absolute Gasteiger partial charge is 0.127 e. The average molecular weight is 317 g/mol. The molecule has 0 spiro atoms. The van der Waals surface area contributed by atoms with Crippen molar-refractivity contribution in [3.63, 3.8) is 0 Å². The standard InChI is InChI=1S/C13H18BrFN2O/c1-17(7-13(6-16)8-18-9-13)5-10-4-11(14)2-3-12(10)15/h2-4H,5-9,16H2,1H3. The molecule has 0 radical (unpaired) electrons. The summed E-state index contributed by atoms with van der Waals surface area (Å²) in [5.41, 5.74) is 6.52. The van der Waals surface area contributed by atoms with E-state index in [4.69, 9.17) is 10.5 Å². The lowest BCUT2D eigenvalue weighted by Crippen LogP contribution is -2.54. The van der Waals surface area contributed by atoms with E-state index >= 15 is 0 Å². The number of benzene rings is 1. The molecule has 0 unspecified atom stereocenters. The molecule has 0 bridgehead atoms. The van der Waals surface area contributed by atoms with E-state index in [0.717, 1.165) is 11.0 Å². The van der Waals surface area contributed by atoms with Crippen molar-refractivity contribution in [2.24, 2.45) is 11.1 Å². The predicted molar refractivity (Wildman–Crippen MR) is 72.7 cm³/mol. The molecule has 1 aromatic rings. The molecule has 100 valence electrons. The normalized spacial score (nSPS) is 17.8. The van der Waals surface area contributed by atoms with Crippen molar-refractivity contribution in [1.29, 1.82) is 0 Å². The van der Waals surface area contributed by atoms with Crippen LogP contribution in [0.1, 0.15) is 5.56 Å². The van der Waals surface area contributed by atoms with Crippen molar-refractivity contribution < 1.29 is 9.13 Å². The van der Waals surface area contributed by atoms with E-state index in [2.05, 4.69) is 20.8 Å². The third-order valence-corrected chi connectivity index (χ3v) is 3.80. The summed E-state index contributed by atoms with van der Waals surface area (Å²) < 4.78 is 19.8. The molecule has 0 saturated carbocycles. The summed E-state index contributed by atoms with van der Waals surface area (Å²) in [5, 5.41) is 0. The summed E-state index contributed by atoms with van der Waals surface area (Å²) in [4.78, 5) is 2.10. The van der Waals surface area contributed by atoms with Crippen molar-refractivity contribution in [1.82, 2.24) is 4.90 Å². The van der Waals surface area contributed by atoms with E-state index in [-0.39, 0.29) is 11.2 Å². The minimum Gasteiger partial charge on any atom is -0.380 e. The first kappa shape index (κ1) is 13.9. The maximum atomic E-state index is 13.6. The van der Waals surface area contributed by atoms with Gasteiger partial charge in [0.25, 0.3) is 0 Å². The summed E-state index contributed by atoms with van der Waals surface area (Å²) in [5.74, 6) is -0.170. The van der Waals surface area contributed by atoms with Gasteiger partial charge in [-0.25, -0.2) is 4.39 Å². The van der Waals surface area contributed by atoms with Gasteiger partial charge >= 0.3 is 0 Å². The Labute approximate surface area is 115 Å². The fourth-order valence-electron chi connectivity index (χ4n) is 2.25. The lowest BCUT2D eigenvalue weighted by molar-refractivity contribution is -0.118.